The number of hydrogen-bond acceptors (Lipinski definition) is 4. The number of methoxy groups -OCH3 is 1. The summed E-state index contributed by atoms with van der Waals surface area (Å²) in [5.41, 5.74) is 2.82. The maximum Gasteiger partial charge on any atom is 0.356 e. The van der Waals surface area contributed by atoms with Gasteiger partial charge in [0.2, 0.25) is 0 Å². The molecular weight excluding hydrogens is 292 g/mol. The molecule has 0 radical (unpaired) electrons. The predicted octanol–water partition coefficient (Wildman–Crippen LogP) is 2.85. The second kappa shape index (κ2) is 6.60. The number of para-hydroxylation sites is 1. The average molecular weight is 310 g/mol. The zero-order chi connectivity index (χ0) is 16.2. The summed E-state index contributed by atoms with van der Waals surface area (Å²) in [6.07, 6.45) is 4.45. The van der Waals surface area contributed by atoms with Crippen molar-refractivity contribution < 1.29 is 14.3 Å². The van der Waals surface area contributed by atoms with E-state index in [-0.39, 0.29) is 11.6 Å². The highest BCUT2D eigenvalue weighted by molar-refractivity contribution is 6.06. The summed E-state index contributed by atoms with van der Waals surface area (Å²) in [6.45, 7) is 0.689. The van der Waals surface area contributed by atoms with Crippen LogP contribution < -0.4 is 4.90 Å². The molecule has 0 saturated carbocycles. The van der Waals surface area contributed by atoms with E-state index in [0.29, 0.717) is 12.1 Å². The van der Waals surface area contributed by atoms with Gasteiger partial charge in [0.1, 0.15) is 5.69 Å². The molecule has 0 aliphatic carbocycles. The van der Waals surface area contributed by atoms with Crippen molar-refractivity contribution in [2.45, 2.75) is 19.3 Å². The first-order chi connectivity index (χ1) is 11.2. The molecule has 3 rings (SSSR count). The van der Waals surface area contributed by atoms with Crippen molar-refractivity contribution in [2.24, 2.45) is 0 Å². The number of anilines is 1. The van der Waals surface area contributed by atoms with E-state index in [1.54, 1.807) is 11.0 Å². The molecule has 1 aromatic carbocycles. The van der Waals surface area contributed by atoms with Gasteiger partial charge in [0.25, 0.3) is 5.91 Å². The van der Waals surface area contributed by atoms with Crippen molar-refractivity contribution in [1.82, 2.24) is 4.98 Å². The van der Waals surface area contributed by atoms with Crippen LogP contribution in [0.5, 0.6) is 0 Å². The smallest absolute Gasteiger partial charge is 0.356 e. The number of hydrogen-bond donors (Lipinski definition) is 0. The lowest BCUT2D eigenvalue weighted by Gasteiger charge is -2.22. The van der Waals surface area contributed by atoms with Gasteiger partial charge in [-0.15, -0.1) is 0 Å². The van der Waals surface area contributed by atoms with Crippen molar-refractivity contribution in [3.8, 4) is 0 Å². The highest BCUT2D eigenvalue weighted by Gasteiger charge is 2.22. The van der Waals surface area contributed by atoms with Gasteiger partial charge in [-0.2, -0.15) is 0 Å². The Kier molecular flexibility index (Phi) is 4.37. The first-order valence-corrected chi connectivity index (χ1v) is 7.65. The Balaban J connectivity index is 1.89. The molecule has 2 heterocycles. The number of aromatic nitrogens is 1. The fraction of sp³-hybridized carbons (Fsp3) is 0.278. The second-order valence-corrected chi connectivity index (χ2v) is 5.47. The quantitative estimate of drug-likeness (QED) is 0.800. The summed E-state index contributed by atoms with van der Waals surface area (Å²) in [5.74, 6) is -0.604. The maximum absolute atomic E-state index is 12.8. The highest BCUT2D eigenvalue weighted by Crippen LogP contribution is 2.27. The van der Waals surface area contributed by atoms with Crippen molar-refractivity contribution in [2.75, 3.05) is 18.6 Å². The molecule has 5 nitrogen and oxygen atoms in total. The lowest BCUT2D eigenvalue weighted by molar-refractivity contribution is 0.0593. The third-order valence-corrected chi connectivity index (χ3v) is 4.01. The lowest BCUT2D eigenvalue weighted by atomic mass is 10.1. The second-order valence-electron chi connectivity index (χ2n) is 5.47. The van der Waals surface area contributed by atoms with Crippen LogP contribution in [0.1, 0.15) is 39.3 Å². The Bertz CT molecular complexity index is 725. The molecule has 1 aliphatic rings. The Morgan fingerprint density at radius 3 is 2.70 bits per heavy atom. The van der Waals surface area contributed by atoms with E-state index in [1.807, 2.05) is 18.2 Å². The standard InChI is InChI=1S/C18H18N2O3/c1-23-18(22)15-10-9-14(12-19-15)17(21)20-11-5-4-7-13-6-2-3-8-16(13)20/h2-3,6,8-10,12H,4-5,7,11H2,1H3. The monoisotopic (exact) mass is 310 g/mol. The van der Waals surface area contributed by atoms with Crippen LogP contribution in [-0.4, -0.2) is 30.5 Å². The molecule has 0 saturated heterocycles. The highest BCUT2D eigenvalue weighted by atomic mass is 16.5. The van der Waals surface area contributed by atoms with Crippen LogP contribution in [0.25, 0.3) is 0 Å². The van der Waals surface area contributed by atoms with E-state index < -0.39 is 5.97 Å². The molecule has 0 atom stereocenters. The molecule has 5 heteroatoms. The van der Waals surface area contributed by atoms with Crippen molar-refractivity contribution in [3.05, 3.63) is 59.4 Å². The van der Waals surface area contributed by atoms with Crippen LogP contribution in [0.2, 0.25) is 0 Å². The van der Waals surface area contributed by atoms with Gasteiger partial charge in [0, 0.05) is 18.4 Å². The van der Waals surface area contributed by atoms with Gasteiger partial charge in [-0.25, -0.2) is 9.78 Å². The number of benzene rings is 1. The van der Waals surface area contributed by atoms with E-state index in [2.05, 4.69) is 15.8 Å². The predicted molar refractivity (Wildman–Crippen MR) is 86.6 cm³/mol. The molecule has 23 heavy (non-hydrogen) atoms. The number of aryl methyl sites for hydroxylation is 1. The molecule has 118 valence electrons. The largest absolute Gasteiger partial charge is 0.464 e. The molecule has 0 N–H and O–H groups in total. The number of carbonyl (C=O) groups excluding carboxylic acids is 2. The molecule has 0 fully saturated rings. The van der Waals surface area contributed by atoms with Crippen LogP contribution >= 0.6 is 0 Å². The maximum atomic E-state index is 12.8. The summed E-state index contributed by atoms with van der Waals surface area (Å²) in [5, 5.41) is 0. The van der Waals surface area contributed by atoms with Gasteiger partial charge < -0.3 is 9.64 Å². The van der Waals surface area contributed by atoms with Gasteiger partial charge in [-0.3, -0.25) is 4.79 Å². The van der Waals surface area contributed by atoms with Crippen molar-refractivity contribution >= 4 is 17.6 Å². The Labute approximate surface area is 134 Å². The summed E-state index contributed by atoms with van der Waals surface area (Å²) in [7, 11) is 1.30. The molecule has 0 bridgehead atoms. The first-order valence-electron chi connectivity index (χ1n) is 7.65. The molecule has 1 aliphatic heterocycles. The first kappa shape index (κ1) is 15.2. The number of nitrogens with zero attached hydrogens (tertiary/aromatic N) is 2. The fourth-order valence-electron chi connectivity index (χ4n) is 2.80. The molecule has 1 amide bonds. The van der Waals surface area contributed by atoms with E-state index in [4.69, 9.17) is 0 Å². The number of rotatable bonds is 2. The summed E-state index contributed by atoms with van der Waals surface area (Å²) in [4.78, 5) is 30.1. The van der Waals surface area contributed by atoms with Gasteiger partial charge in [0.05, 0.1) is 12.7 Å². The number of carbonyl (C=O) groups is 2. The molecule has 0 unspecified atom stereocenters. The van der Waals surface area contributed by atoms with E-state index >= 15 is 0 Å². The van der Waals surface area contributed by atoms with E-state index in [0.717, 1.165) is 24.9 Å². The summed E-state index contributed by atoms with van der Waals surface area (Å²) in [6, 6.07) is 11.1. The topological polar surface area (TPSA) is 59.5 Å². The van der Waals surface area contributed by atoms with Crippen molar-refractivity contribution in [3.63, 3.8) is 0 Å². The average Bonchev–Trinajstić information content (AvgIpc) is 2.83. The van der Waals surface area contributed by atoms with Gasteiger partial charge >= 0.3 is 5.97 Å². The van der Waals surface area contributed by atoms with Crippen LogP contribution in [-0.2, 0) is 11.2 Å². The Morgan fingerprint density at radius 2 is 1.96 bits per heavy atom. The molecule has 1 aromatic heterocycles. The number of ether oxygens (including phenoxy) is 1. The van der Waals surface area contributed by atoms with Gasteiger partial charge in [-0.05, 0) is 43.0 Å². The minimum Gasteiger partial charge on any atom is -0.464 e. The SMILES string of the molecule is COC(=O)c1ccc(C(=O)N2CCCCc3ccccc32)cn1. The fourth-order valence-corrected chi connectivity index (χ4v) is 2.80. The normalized spacial score (nSPS) is 13.9. The third kappa shape index (κ3) is 3.08. The number of pyridine rings is 1. The minimum absolute atomic E-state index is 0.0942. The van der Waals surface area contributed by atoms with Crippen LogP contribution in [0, 0.1) is 0 Å². The van der Waals surface area contributed by atoms with E-state index in [9.17, 15) is 9.59 Å². The number of amides is 1. The minimum atomic E-state index is -0.510. The molecule has 0 spiro atoms. The molecular formula is C18H18N2O3. The van der Waals surface area contributed by atoms with Crippen molar-refractivity contribution in [1.29, 1.82) is 0 Å². The van der Waals surface area contributed by atoms with Crippen LogP contribution in [0.15, 0.2) is 42.6 Å². The summed E-state index contributed by atoms with van der Waals surface area (Å²) >= 11 is 0. The summed E-state index contributed by atoms with van der Waals surface area (Å²) < 4.78 is 4.62. The lowest BCUT2D eigenvalue weighted by Crippen LogP contribution is -2.31. The number of fused-ring (bicyclic) bond motifs is 1. The van der Waals surface area contributed by atoms with Crippen LogP contribution in [0.4, 0.5) is 5.69 Å². The number of esters is 1. The van der Waals surface area contributed by atoms with Gasteiger partial charge in [0.15, 0.2) is 0 Å². The third-order valence-electron chi connectivity index (χ3n) is 4.01. The molecule has 2 aromatic rings. The Morgan fingerprint density at radius 1 is 1.13 bits per heavy atom. The van der Waals surface area contributed by atoms with Crippen LogP contribution in [0.3, 0.4) is 0 Å². The van der Waals surface area contributed by atoms with E-state index in [1.165, 1.54) is 24.9 Å². The van der Waals surface area contributed by atoms with Gasteiger partial charge in [-0.1, -0.05) is 18.2 Å². The zero-order valence-electron chi connectivity index (χ0n) is 13.0. The Hall–Kier alpha value is -2.69. The zero-order valence-corrected chi connectivity index (χ0v) is 13.0.